The Balaban J connectivity index is 3.25. The monoisotopic (exact) mass is 578 g/mol. The average Bonchev–Trinajstić information content (AvgIpc) is 2.80. The Bertz CT molecular complexity index is 603. The quantitative estimate of drug-likeness (QED) is 0.141. The molecular weight excluding hydrogens is 521 g/mol. The fraction of sp³-hybridized carbons (Fsp3) is 0.923. The van der Waals surface area contributed by atoms with Gasteiger partial charge >= 0.3 is 17.1 Å². The van der Waals surface area contributed by atoms with Crippen molar-refractivity contribution in [2.24, 2.45) is 0 Å². The van der Waals surface area contributed by atoms with Crippen molar-refractivity contribution in [3.8, 4) is 0 Å². The van der Waals surface area contributed by atoms with Gasteiger partial charge in [0.25, 0.3) is 0 Å². The molecule has 214 valence electrons. The van der Waals surface area contributed by atoms with Crippen LogP contribution in [0, 0.1) is 0 Å². The molecule has 1 aliphatic carbocycles. The van der Waals surface area contributed by atoms with Crippen molar-refractivity contribution in [2.45, 2.75) is 116 Å². The van der Waals surface area contributed by atoms with E-state index in [0.29, 0.717) is 38.6 Å². The molecule has 1 unspecified atom stereocenters. The van der Waals surface area contributed by atoms with Gasteiger partial charge in [0.1, 0.15) is 0 Å². The molecule has 1 atom stereocenters. The van der Waals surface area contributed by atoms with E-state index < -0.39 is 33.8 Å². The molecule has 0 bridgehead atoms. The normalized spacial score (nSPS) is 18.1. The highest BCUT2D eigenvalue weighted by Crippen LogP contribution is 2.43. The van der Waals surface area contributed by atoms with E-state index in [2.05, 4.69) is 73.0 Å². The van der Waals surface area contributed by atoms with Crippen LogP contribution in [0.25, 0.3) is 0 Å². The number of hydrogen-bond donors (Lipinski definition) is 0. The predicted octanol–water partition coefficient (Wildman–Crippen LogP) is 7.38. The van der Waals surface area contributed by atoms with Crippen molar-refractivity contribution in [1.29, 1.82) is 0 Å². The van der Waals surface area contributed by atoms with Crippen LogP contribution in [0.3, 0.4) is 0 Å². The zero-order chi connectivity index (χ0) is 27.1. The predicted molar refractivity (Wildman–Crippen MR) is 161 cm³/mol. The molecule has 10 heteroatoms. The molecule has 1 fully saturated rings. The molecule has 1 aliphatic rings. The van der Waals surface area contributed by atoms with Crippen LogP contribution in [0.5, 0.6) is 0 Å². The smallest absolute Gasteiger partial charge is 0.341 e. The minimum absolute atomic E-state index is 0.560. The van der Waals surface area contributed by atoms with Crippen LogP contribution < -0.4 is 0 Å². The van der Waals surface area contributed by atoms with Gasteiger partial charge < -0.3 is 26.6 Å². The Labute approximate surface area is 227 Å². The van der Waals surface area contributed by atoms with Crippen LogP contribution in [0.1, 0.15) is 73.6 Å². The van der Waals surface area contributed by atoms with Crippen molar-refractivity contribution >= 4 is 33.8 Å². The third-order valence-electron chi connectivity index (χ3n) is 7.02. The summed E-state index contributed by atoms with van der Waals surface area (Å²) in [7, 11) is -8.99. The number of rotatable bonds is 20. The number of allylic oxidation sites excluding steroid dienone is 1. The lowest BCUT2D eigenvalue weighted by molar-refractivity contribution is 0.166. The minimum Gasteiger partial charge on any atom is -0.418 e. The second kappa shape index (κ2) is 17.1. The van der Waals surface area contributed by atoms with Crippen LogP contribution in [0.4, 0.5) is 0 Å². The lowest BCUT2D eigenvalue weighted by Gasteiger charge is -2.42. The molecule has 1 rings (SSSR count). The molecule has 1 saturated carbocycles. The molecule has 6 nitrogen and oxygen atoms in total. The van der Waals surface area contributed by atoms with Crippen LogP contribution in [-0.2, 0) is 26.6 Å². The van der Waals surface area contributed by atoms with Gasteiger partial charge in [0.15, 0.2) is 8.32 Å². The fourth-order valence-electron chi connectivity index (χ4n) is 5.97. The van der Waals surface area contributed by atoms with Crippen molar-refractivity contribution < 1.29 is 26.6 Å². The van der Waals surface area contributed by atoms with Crippen LogP contribution >= 0.6 is 0 Å². The highest BCUT2D eigenvalue weighted by molar-refractivity contribution is 6.92. The van der Waals surface area contributed by atoms with Gasteiger partial charge in [0.2, 0.25) is 8.32 Å². The minimum atomic E-state index is -2.45. The van der Waals surface area contributed by atoms with Crippen LogP contribution in [0.2, 0.25) is 42.6 Å². The topological polar surface area (TPSA) is 55.4 Å². The van der Waals surface area contributed by atoms with E-state index in [9.17, 15) is 0 Å². The lowest BCUT2D eigenvalue weighted by atomic mass is 10.0. The van der Waals surface area contributed by atoms with E-state index >= 15 is 0 Å². The Hall–Kier alpha value is 0.368. The summed E-state index contributed by atoms with van der Waals surface area (Å²) in [5.41, 5.74) is 4.85. The summed E-state index contributed by atoms with van der Waals surface area (Å²) in [6.45, 7) is 23.7. The van der Waals surface area contributed by atoms with Gasteiger partial charge in [-0.3, -0.25) is 0 Å². The van der Waals surface area contributed by atoms with Gasteiger partial charge in [-0.1, -0.05) is 31.0 Å². The molecule has 0 aliphatic heterocycles. The van der Waals surface area contributed by atoms with Crippen molar-refractivity contribution in [1.82, 2.24) is 0 Å². The van der Waals surface area contributed by atoms with Crippen LogP contribution in [-0.4, -0.2) is 73.4 Å². The van der Waals surface area contributed by atoms with Gasteiger partial charge in [-0.15, -0.1) is 0 Å². The average molecular weight is 579 g/mol. The third-order valence-corrected chi connectivity index (χ3v) is 26.2. The van der Waals surface area contributed by atoms with Crippen LogP contribution in [0.15, 0.2) is 11.8 Å². The largest absolute Gasteiger partial charge is 0.418 e. The van der Waals surface area contributed by atoms with E-state index in [-0.39, 0.29) is 0 Å². The molecular formula is C26H58O6Si4. The molecule has 36 heavy (non-hydrogen) atoms. The standard InChI is InChI=1S/C26H58O6Si4/c1-10-27-33(7,8)24-35(29-12-3,30-13-4)23-19-22-34(9,28-11-2)25-36(31-14-5,32-15-6)26-20-17-16-18-21-26/h19,22,26H,10-18,20-21,23-25H2,1-9H3/b22-19+. The third kappa shape index (κ3) is 11.2. The second-order valence-corrected chi connectivity index (χ2v) is 26.4. The first-order valence-corrected chi connectivity index (χ1v) is 24.7. The molecule has 0 saturated heterocycles. The SMILES string of the molecule is CCO[Si](C)(C)C[Si](C/C=C/[Si](C)(C[Si](OCC)(OCC)C1CCCCC1)OCC)(OCC)OCC. The van der Waals surface area contributed by atoms with E-state index in [4.69, 9.17) is 26.6 Å². The van der Waals surface area contributed by atoms with E-state index in [1.54, 1.807) is 0 Å². The molecule has 0 spiro atoms. The molecule has 0 heterocycles. The molecule has 0 amide bonds. The summed E-state index contributed by atoms with van der Waals surface area (Å²) in [6, 6.07) is 0.828. The molecule has 0 N–H and O–H groups in total. The Morgan fingerprint density at radius 3 is 1.58 bits per heavy atom. The van der Waals surface area contributed by atoms with E-state index in [0.717, 1.165) is 24.0 Å². The van der Waals surface area contributed by atoms with Gasteiger partial charge in [-0.25, -0.2) is 0 Å². The fourth-order valence-corrected chi connectivity index (χ4v) is 26.8. The zero-order valence-electron chi connectivity index (χ0n) is 25.1. The Morgan fingerprint density at radius 1 is 0.611 bits per heavy atom. The summed E-state index contributed by atoms with van der Waals surface area (Å²) < 4.78 is 39.0. The van der Waals surface area contributed by atoms with E-state index in [1.807, 2.05) is 0 Å². The first-order chi connectivity index (χ1) is 17.1. The van der Waals surface area contributed by atoms with Gasteiger partial charge in [-0.2, -0.15) is 0 Å². The second-order valence-electron chi connectivity index (χ2n) is 10.7. The highest BCUT2D eigenvalue weighted by atomic mass is 28.4. The number of hydrogen-bond acceptors (Lipinski definition) is 6. The summed E-state index contributed by atoms with van der Waals surface area (Å²) in [5.74, 6) is 0. The molecule has 0 radical (unpaired) electrons. The van der Waals surface area contributed by atoms with Crippen molar-refractivity contribution in [3.05, 3.63) is 11.8 Å². The maximum absolute atomic E-state index is 6.65. The lowest BCUT2D eigenvalue weighted by Crippen LogP contribution is -2.55. The first-order valence-electron chi connectivity index (χ1n) is 14.6. The Morgan fingerprint density at radius 2 is 1.11 bits per heavy atom. The highest BCUT2D eigenvalue weighted by Gasteiger charge is 2.51. The van der Waals surface area contributed by atoms with Gasteiger partial charge in [-0.05, 0) is 74.0 Å². The maximum Gasteiger partial charge on any atom is 0.341 e. The van der Waals surface area contributed by atoms with Crippen molar-refractivity contribution in [3.63, 3.8) is 0 Å². The molecule has 0 aromatic heterocycles. The van der Waals surface area contributed by atoms with Gasteiger partial charge in [0, 0.05) is 62.6 Å². The van der Waals surface area contributed by atoms with E-state index in [1.165, 1.54) is 32.1 Å². The Kier molecular flexibility index (Phi) is 16.4. The van der Waals surface area contributed by atoms with Crippen molar-refractivity contribution in [2.75, 3.05) is 39.6 Å². The molecule has 0 aromatic carbocycles. The summed E-state index contributed by atoms with van der Waals surface area (Å²) >= 11 is 0. The maximum atomic E-state index is 6.65. The summed E-state index contributed by atoms with van der Waals surface area (Å²) in [4.78, 5) is 0. The summed E-state index contributed by atoms with van der Waals surface area (Å²) in [5, 5.41) is 0. The first kappa shape index (κ1) is 34.4. The zero-order valence-corrected chi connectivity index (χ0v) is 29.1. The summed E-state index contributed by atoms with van der Waals surface area (Å²) in [6.07, 6.45) is 8.70. The molecule has 0 aromatic rings. The van der Waals surface area contributed by atoms with Gasteiger partial charge in [0.05, 0.1) is 0 Å².